The van der Waals surface area contributed by atoms with Crippen LogP contribution in [0.5, 0.6) is 0 Å². The van der Waals surface area contributed by atoms with E-state index in [0.29, 0.717) is 6.04 Å². The van der Waals surface area contributed by atoms with Gasteiger partial charge in [-0.2, -0.15) is 0 Å². The number of rotatable bonds is 4. The van der Waals surface area contributed by atoms with Crippen LogP contribution in [-0.4, -0.2) is 41.0 Å². The summed E-state index contributed by atoms with van der Waals surface area (Å²) >= 11 is 0. The van der Waals surface area contributed by atoms with E-state index >= 15 is 0 Å². The normalized spacial score (nSPS) is 25.9. The van der Waals surface area contributed by atoms with E-state index < -0.39 is 0 Å². The highest BCUT2D eigenvalue weighted by molar-refractivity contribution is 5.32. The third-order valence-corrected chi connectivity index (χ3v) is 6.17. The molecule has 2 aromatic rings. The lowest BCUT2D eigenvalue weighted by atomic mass is 9.89. The number of benzene rings is 2. The monoisotopic (exact) mass is 334 g/mol. The van der Waals surface area contributed by atoms with E-state index in [2.05, 4.69) is 84.3 Å². The molecule has 0 radical (unpaired) electrons. The van der Waals surface area contributed by atoms with Crippen LogP contribution in [0.1, 0.15) is 50.3 Å². The maximum absolute atomic E-state index is 2.80. The Morgan fingerprint density at radius 3 is 1.72 bits per heavy atom. The van der Waals surface area contributed by atoms with Gasteiger partial charge in [-0.05, 0) is 37.8 Å². The van der Waals surface area contributed by atoms with Crippen molar-refractivity contribution in [2.45, 2.75) is 57.3 Å². The van der Waals surface area contributed by atoms with E-state index in [1.807, 2.05) is 0 Å². The predicted octanol–water partition coefficient (Wildman–Crippen LogP) is 4.72. The molecule has 0 bridgehead atoms. The molecule has 25 heavy (non-hydrogen) atoms. The molecule has 2 unspecified atom stereocenters. The van der Waals surface area contributed by atoms with Gasteiger partial charge in [0.15, 0.2) is 0 Å². The Hall–Kier alpha value is -1.64. The molecule has 132 valence electrons. The van der Waals surface area contributed by atoms with E-state index in [1.165, 1.54) is 43.5 Å². The van der Waals surface area contributed by atoms with Crippen molar-refractivity contribution < 1.29 is 0 Å². The van der Waals surface area contributed by atoms with Crippen LogP contribution in [0.2, 0.25) is 0 Å². The van der Waals surface area contributed by atoms with Gasteiger partial charge in [0.05, 0.1) is 6.04 Å². The summed E-state index contributed by atoms with van der Waals surface area (Å²) in [4.78, 5) is 5.45. The van der Waals surface area contributed by atoms with Gasteiger partial charge in [-0.25, -0.2) is 0 Å². The molecular formula is C23H30N2. The average molecular weight is 335 g/mol. The molecule has 2 atom stereocenters. The van der Waals surface area contributed by atoms with Crippen molar-refractivity contribution in [3.8, 4) is 0 Å². The minimum atomic E-state index is 0.383. The summed E-state index contributed by atoms with van der Waals surface area (Å²) in [5.74, 6) is 0. The second kappa shape index (κ2) is 7.31. The van der Waals surface area contributed by atoms with Gasteiger partial charge in [-0.15, -0.1) is 0 Å². The van der Waals surface area contributed by atoms with Crippen molar-refractivity contribution in [2.24, 2.45) is 0 Å². The number of nitrogens with zero attached hydrogens (tertiary/aromatic N) is 2. The fraction of sp³-hybridized carbons (Fsp3) is 0.478. The largest absolute Gasteiger partial charge is 0.292 e. The summed E-state index contributed by atoms with van der Waals surface area (Å²) in [6.07, 6.45) is 4.12. The molecule has 0 saturated carbocycles. The molecule has 2 aliphatic heterocycles. The van der Waals surface area contributed by atoms with Crippen molar-refractivity contribution in [1.82, 2.24) is 9.80 Å². The zero-order valence-electron chi connectivity index (χ0n) is 15.5. The van der Waals surface area contributed by atoms with Gasteiger partial charge < -0.3 is 0 Å². The topological polar surface area (TPSA) is 6.48 Å². The zero-order valence-corrected chi connectivity index (χ0v) is 15.5. The Morgan fingerprint density at radius 1 is 0.760 bits per heavy atom. The molecule has 2 heteroatoms. The molecule has 0 N–H and O–H groups in total. The minimum Gasteiger partial charge on any atom is -0.292 e. The van der Waals surface area contributed by atoms with Gasteiger partial charge in [0.1, 0.15) is 0 Å². The molecule has 2 heterocycles. The maximum atomic E-state index is 2.80. The third kappa shape index (κ3) is 3.38. The van der Waals surface area contributed by atoms with Gasteiger partial charge in [-0.1, -0.05) is 67.1 Å². The molecule has 2 aromatic carbocycles. The van der Waals surface area contributed by atoms with Gasteiger partial charge in [0, 0.05) is 31.2 Å². The van der Waals surface area contributed by atoms with Crippen molar-refractivity contribution in [1.29, 1.82) is 0 Å². The molecular weight excluding hydrogens is 304 g/mol. The lowest BCUT2D eigenvalue weighted by Gasteiger charge is -2.54. The molecule has 2 fully saturated rings. The zero-order chi connectivity index (χ0) is 17.2. The van der Waals surface area contributed by atoms with Gasteiger partial charge >= 0.3 is 0 Å². The summed E-state index contributed by atoms with van der Waals surface area (Å²) in [5.41, 5.74) is 2.82. The summed E-state index contributed by atoms with van der Waals surface area (Å²) in [6, 6.07) is 24.6. The molecule has 0 aliphatic carbocycles. The fourth-order valence-electron chi connectivity index (χ4n) is 4.93. The summed E-state index contributed by atoms with van der Waals surface area (Å²) in [7, 11) is 0. The summed E-state index contributed by atoms with van der Waals surface area (Å²) in [5, 5.41) is 0. The van der Waals surface area contributed by atoms with Crippen LogP contribution < -0.4 is 0 Å². The van der Waals surface area contributed by atoms with E-state index in [4.69, 9.17) is 0 Å². The smallest absolute Gasteiger partial charge is 0.0602 e. The van der Waals surface area contributed by atoms with Crippen LogP contribution in [0.15, 0.2) is 60.7 Å². The van der Waals surface area contributed by atoms with E-state index in [-0.39, 0.29) is 0 Å². The standard InChI is InChI=1S/C23H30N2/c1-18-10-9-11-19(2)25(18)22-16-24(17-22)23(20-12-5-3-6-13-20)21-14-7-4-8-15-21/h3-8,12-15,18-19,22-23H,9-11,16-17H2,1-2H3. The predicted molar refractivity (Wildman–Crippen MR) is 105 cm³/mol. The van der Waals surface area contributed by atoms with Gasteiger partial charge in [0.2, 0.25) is 0 Å². The Balaban J connectivity index is 1.53. The van der Waals surface area contributed by atoms with Crippen molar-refractivity contribution in [2.75, 3.05) is 13.1 Å². The molecule has 2 aliphatic rings. The lowest BCUT2D eigenvalue weighted by molar-refractivity contribution is -0.0410. The van der Waals surface area contributed by atoms with Crippen LogP contribution in [0.25, 0.3) is 0 Å². The Morgan fingerprint density at radius 2 is 1.24 bits per heavy atom. The highest BCUT2D eigenvalue weighted by Gasteiger charge is 2.41. The van der Waals surface area contributed by atoms with Crippen LogP contribution in [0.3, 0.4) is 0 Å². The van der Waals surface area contributed by atoms with E-state index in [0.717, 1.165) is 18.1 Å². The highest BCUT2D eigenvalue weighted by Crippen LogP contribution is 2.36. The molecule has 0 amide bonds. The first kappa shape index (κ1) is 16.8. The van der Waals surface area contributed by atoms with Gasteiger partial charge in [-0.3, -0.25) is 9.80 Å². The Bertz CT molecular complexity index is 614. The van der Waals surface area contributed by atoms with Crippen LogP contribution in [0.4, 0.5) is 0 Å². The number of piperidine rings is 1. The van der Waals surface area contributed by atoms with E-state index in [9.17, 15) is 0 Å². The highest BCUT2D eigenvalue weighted by atomic mass is 15.3. The molecule has 0 aromatic heterocycles. The van der Waals surface area contributed by atoms with Crippen molar-refractivity contribution in [3.05, 3.63) is 71.8 Å². The molecule has 4 rings (SSSR count). The van der Waals surface area contributed by atoms with Crippen LogP contribution >= 0.6 is 0 Å². The second-order valence-electron chi connectivity index (χ2n) is 7.91. The quantitative estimate of drug-likeness (QED) is 0.798. The third-order valence-electron chi connectivity index (χ3n) is 6.17. The van der Waals surface area contributed by atoms with Crippen molar-refractivity contribution >= 4 is 0 Å². The molecule has 2 nitrogen and oxygen atoms in total. The second-order valence-corrected chi connectivity index (χ2v) is 7.91. The van der Waals surface area contributed by atoms with Gasteiger partial charge in [0.25, 0.3) is 0 Å². The SMILES string of the molecule is CC1CCCC(C)N1C1CN(C(c2ccccc2)c2ccccc2)C1. The summed E-state index contributed by atoms with van der Waals surface area (Å²) < 4.78 is 0. The van der Waals surface area contributed by atoms with E-state index in [1.54, 1.807) is 0 Å². The fourth-order valence-corrected chi connectivity index (χ4v) is 4.93. The first-order valence-corrected chi connectivity index (χ1v) is 9.85. The van der Waals surface area contributed by atoms with Crippen LogP contribution in [-0.2, 0) is 0 Å². The molecule has 2 saturated heterocycles. The number of hydrogen-bond donors (Lipinski definition) is 0. The summed E-state index contributed by atoms with van der Waals surface area (Å²) in [6.45, 7) is 7.21. The maximum Gasteiger partial charge on any atom is 0.0602 e. The number of hydrogen-bond acceptors (Lipinski definition) is 2. The van der Waals surface area contributed by atoms with Crippen LogP contribution in [0, 0.1) is 0 Å². The first-order valence-electron chi connectivity index (χ1n) is 9.85. The lowest BCUT2D eigenvalue weighted by Crippen LogP contribution is -2.64. The minimum absolute atomic E-state index is 0.383. The Labute approximate surface area is 152 Å². The average Bonchev–Trinajstić information content (AvgIpc) is 2.61. The first-order chi connectivity index (χ1) is 12.2. The molecule has 0 spiro atoms. The Kier molecular flexibility index (Phi) is 4.91. The van der Waals surface area contributed by atoms with Crippen molar-refractivity contribution in [3.63, 3.8) is 0 Å². The number of likely N-dealkylation sites (tertiary alicyclic amines) is 2.